The minimum absolute atomic E-state index is 0.0209. The van der Waals surface area contributed by atoms with E-state index in [1.807, 2.05) is 13.8 Å². The van der Waals surface area contributed by atoms with Crippen molar-refractivity contribution in [2.75, 3.05) is 11.4 Å². The quantitative estimate of drug-likeness (QED) is 0.628. The molecule has 90 valence electrons. The van der Waals surface area contributed by atoms with Crippen molar-refractivity contribution in [1.29, 1.82) is 0 Å². The van der Waals surface area contributed by atoms with Gasteiger partial charge < -0.3 is 5.32 Å². The zero-order valence-electron chi connectivity index (χ0n) is 9.64. The first-order chi connectivity index (χ1) is 7.89. The summed E-state index contributed by atoms with van der Waals surface area (Å²) in [6.07, 6.45) is 0. The molecule has 0 aromatic heterocycles. The van der Waals surface area contributed by atoms with Gasteiger partial charge in [0.15, 0.2) is 0 Å². The number of benzene rings is 1. The molecule has 6 heteroatoms. The molecule has 1 heterocycles. The van der Waals surface area contributed by atoms with Gasteiger partial charge in [-0.25, -0.2) is 4.79 Å². The average molecular weight is 235 g/mol. The van der Waals surface area contributed by atoms with Crippen LogP contribution in [0, 0.1) is 10.1 Å². The van der Waals surface area contributed by atoms with E-state index in [0.717, 1.165) is 0 Å². The minimum Gasteiger partial charge on any atom is -0.331 e. The summed E-state index contributed by atoms with van der Waals surface area (Å²) in [5.74, 6) is 0. The first kappa shape index (κ1) is 11.4. The Kier molecular flexibility index (Phi) is 2.49. The third-order valence-corrected chi connectivity index (χ3v) is 2.62. The number of hydrogen-bond donors (Lipinski definition) is 1. The van der Waals surface area contributed by atoms with E-state index in [1.165, 1.54) is 12.1 Å². The first-order valence-corrected chi connectivity index (χ1v) is 5.23. The molecule has 2 amide bonds. The lowest BCUT2D eigenvalue weighted by atomic mass is 10.1. The summed E-state index contributed by atoms with van der Waals surface area (Å²) in [5.41, 5.74) is 0.407. The van der Waals surface area contributed by atoms with Gasteiger partial charge in [-0.15, -0.1) is 0 Å². The lowest BCUT2D eigenvalue weighted by Crippen LogP contribution is -2.36. The van der Waals surface area contributed by atoms with Crippen molar-refractivity contribution >= 4 is 17.4 Å². The summed E-state index contributed by atoms with van der Waals surface area (Å²) in [4.78, 5) is 23.3. The average Bonchev–Trinajstić information content (AvgIpc) is 2.52. The van der Waals surface area contributed by atoms with E-state index in [4.69, 9.17) is 0 Å². The van der Waals surface area contributed by atoms with Crippen LogP contribution in [0.2, 0.25) is 0 Å². The van der Waals surface area contributed by atoms with Crippen LogP contribution in [-0.2, 0) is 0 Å². The van der Waals surface area contributed by atoms with Crippen LogP contribution in [0.1, 0.15) is 13.8 Å². The fraction of sp³-hybridized carbons (Fsp3) is 0.364. The van der Waals surface area contributed by atoms with Gasteiger partial charge in [0.25, 0.3) is 5.69 Å². The van der Waals surface area contributed by atoms with Crippen LogP contribution in [0.3, 0.4) is 0 Å². The molecule has 0 spiro atoms. The van der Waals surface area contributed by atoms with E-state index in [2.05, 4.69) is 5.32 Å². The van der Waals surface area contributed by atoms with Crippen LogP contribution in [-0.4, -0.2) is 23.0 Å². The van der Waals surface area contributed by atoms with Crippen molar-refractivity contribution < 1.29 is 9.72 Å². The summed E-state index contributed by atoms with van der Waals surface area (Å²) < 4.78 is 0. The molecule has 1 fully saturated rings. The molecule has 2 rings (SSSR count). The van der Waals surface area contributed by atoms with Crippen molar-refractivity contribution in [3.8, 4) is 0 Å². The van der Waals surface area contributed by atoms with Crippen molar-refractivity contribution in [3.05, 3.63) is 34.4 Å². The van der Waals surface area contributed by atoms with E-state index in [-0.39, 0.29) is 17.3 Å². The minimum atomic E-state index is -0.461. The number of nitrogens with zero attached hydrogens (tertiary/aromatic N) is 2. The molecule has 0 radical (unpaired) electrons. The lowest BCUT2D eigenvalue weighted by molar-refractivity contribution is -0.384. The summed E-state index contributed by atoms with van der Waals surface area (Å²) >= 11 is 0. The number of amides is 2. The molecule has 1 N–H and O–H groups in total. The fourth-order valence-electron chi connectivity index (χ4n) is 1.83. The molecule has 1 aliphatic heterocycles. The second kappa shape index (κ2) is 3.73. The van der Waals surface area contributed by atoms with Crippen LogP contribution in [0.5, 0.6) is 0 Å². The zero-order chi connectivity index (χ0) is 12.6. The molecule has 0 unspecified atom stereocenters. The Hall–Kier alpha value is -2.11. The molecule has 6 nitrogen and oxygen atoms in total. The number of anilines is 1. The highest BCUT2D eigenvalue weighted by atomic mass is 16.6. The lowest BCUT2D eigenvalue weighted by Gasteiger charge is -2.17. The molecule has 0 bridgehead atoms. The Balaban J connectivity index is 2.24. The smallest absolute Gasteiger partial charge is 0.322 e. The maximum Gasteiger partial charge on any atom is 0.322 e. The van der Waals surface area contributed by atoms with E-state index < -0.39 is 4.92 Å². The van der Waals surface area contributed by atoms with Gasteiger partial charge in [0.1, 0.15) is 0 Å². The number of nitrogens with one attached hydrogen (secondary N) is 1. The largest absolute Gasteiger partial charge is 0.331 e. The highest BCUT2D eigenvalue weighted by Gasteiger charge is 2.35. The van der Waals surface area contributed by atoms with Gasteiger partial charge in [-0.3, -0.25) is 15.0 Å². The van der Waals surface area contributed by atoms with Gasteiger partial charge in [-0.1, -0.05) is 0 Å². The maximum atomic E-state index is 11.7. The number of nitro benzene ring substituents is 1. The number of non-ortho nitro benzene ring substituents is 1. The summed E-state index contributed by atoms with van der Waals surface area (Å²) in [6, 6.07) is 5.78. The second-order valence-corrected chi connectivity index (χ2v) is 4.67. The second-order valence-electron chi connectivity index (χ2n) is 4.67. The van der Waals surface area contributed by atoms with E-state index in [0.29, 0.717) is 12.2 Å². The van der Waals surface area contributed by atoms with Crippen molar-refractivity contribution in [2.24, 2.45) is 0 Å². The van der Waals surface area contributed by atoms with Crippen LogP contribution in [0.4, 0.5) is 16.2 Å². The molecule has 17 heavy (non-hydrogen) atoms. The highest BCUT2D eigenvalue weighted by molar-refractivity contribution is 5.95. The molecular formula is C11H13N3O3. The van der Waals surface area contributed by atoms with Gasteiger partial charge >= 0.3 is 6.03 Å². The Morgan fingerprint density at radius 1 is 1.35 bits per heavy atom. The van der Waals surface area contributed by atoms with Crippen LogP contribution < -0.4 is 10.2 Å². The number of carbonyl (C=O) groups is 1. The van der Waals surface area contributed by atoms with Gasteiger partial charge in [0.05, 0.1) is 17.0 Å². The summed E-state index contributed by atoms with van der Waals surface area (Å²) in [6.45, 7) is 4.40. The normalized spacial score (nSPS) is 18.0. The standard InChI is InChI=1S/C11H13N3O3/c1-11(2)7-13(10(15)12-11)8-3-5-9(6-4-8)14(16)17/h3-6H,7H2,1-2H3,(H,12,15). The van der Waals surface area contributed by atoms with Crippen LogP contribution in [0.25, 0.3) is 0 Å². The predicted molar refractivity (Wildman–Crippen MR) is 63.1 cm³/mol. The Morgan fingerprint density at radius 3 is 2.35 bits per heavy atom. The molecule has 1 aliphatic rings. The zero-order valence-corrected chi connectivity index (χ0v) is 9.64. The summed E-state index contributed by atoms with van der Waals surface area (Å²) in [5, 5.41) is 13.3. The third-order valence-electron chi connectivity index (χ3n) is 2.62. The van der Waals surface area contributed by atoms with E-state index in [9.17, 15) is 14.9 Å². The van der Waals surface area contributed by atoms with Gasteiger partial charge in [-0.05, 0) is 26.0 Å². The van der Waals surface area contributed by atoms with Crippen LogP contribution >= 0.6 is 0 Å². The van der Waals surface area contributed by atoms with Gasteiger partial charge in [0.2, 0.25) is 0 Å². The van der Waals surface area contributed by atoms with Gasteiger partial charge in [-0.2, -0.15) is 0 Å². The predicted octanol–water partition coefficient (Wildman–Crippen LogP) is 1.90. The van der Waals surface area contributed by atoms with E-state index in [1.54, 1.807) is 17.0 Å². The molecule has 0 saturated carbocycles. The van der Waals surface area contributed by atoms with Gasteiger partial charge in [0, 0.05) is 17.8 Å². The monoisotopic (exact) mass is 235 g/mol. The van der Waals surface area contributed by atoms with Crippen molar-refractivity contribution in [2.45, 2.75) is 19.4 Å². The molecule has 0 atom stereocenters. The first-order valence-electron chi connectivity index (χ1n) is 5.23. The number of nitro groups is 1. The molecule has 1 aromatic rings. The van der Waals surface area contributed by atoms with Crippen molar-refractivity contribution in [3.63, 3.8) is 0 Å². The number of hydrogen-bond acceptors (Lipinski definition) is 3. The summed E-state index contributed by atoms with van der Waals surface area (Å²) in [7, 11) is 0. The Morgan fingerprint density at radius 2 is 1.94 bits per heavy atom. The number of carbonyl (C=O) groups excluding carboxylic acids is 1. The number of urea groups is 1. The molecule has 1 saturated heterocycles. The van der Waals surface area contributed by atoms with Crippen molar-refractivity contribution in [1.82, 2.24) is 5.32 Å². The SMILES string of the molecule is CC1(C)CN(c2ccc([N+](=O)[O-])cc2)C(=O)N1. The number of rotatable bonds is 2. The Bertz CT molecular complexity index is 467. The molecule has 1 aromatic carbocycles. The van der Waals surface area contributed by atoms with Crippen LogP contribution in [0.15, 0.2) is 24.3 Å². The third kappa shape index (κ3) is 2.20. The maximum absolute atomic E-state index is 11.7. The van der Waals surface area contributed by atoms with E-state index >= 15 is 0 Å². The molecule has 0 aliphatic carbocycles. The molecular weight excluding hydrogens is 222 g/mol. The fourth-order valence-corrected chi connectivity index (χ4v) is 1.83. The topological polar surface area (TPSA) is 75.5 Å². The Labute approximate surface area is 98.4 Å². The highest BCUT2D eigenvalue weighted by Crippen LogP contribution is 2.24.